The predicted molar refractivity (Wildman–Crippen MR) is 124 cm³/mol. The molecule has 0 saturated heterocycles. The highest BCUT2D eigenvalue weighted by atomic mass is 32.2. The molecule has 8 heteroatoms. The highest BCUT2D eigenvalue weighted by Gasteiger charge is 2.52. The van der Waals surface area contributed by atoms with Crippen molar-refractivity contribution in [2.45, 2.75) is 67.2 Å². The molecule has 0 aliphatic heterocycles. The van der Waals surface area contributed by atoms with E-state index in [1.54, 1.807) is 24.3 Å². The van der Waals surface area contributed by atoms with Gasteiger partial charge in [-0.15, -0.1) is 0 Å². The monoisotopic (exact) mass is 474 g/mol. The molecule has 0 spiro atoms. The number of sulfonamides is 2. The maximum Gasteiger partial charge on any atom is 0.261 e. The van der Waals surface area contributed by atoms with E-state index in [4.69, 9.17) is 0 Å². The molecule has 0 radical (unpaired) electrons. The molecular weight excluding hydrogens is 444 g/mol. The van der Waals surface area contributed by atoms with E-state index in [-0.39, 0.29) is 15.3 Å². The first-order chi connectivity index (χ1) is 15.2. The summed E-state index contributed by atoms with van der Waals surface area (Å²) in [6.45, 7) is 2.01. The van der Waals surface area contributed by atoms with Crippen LogP contribution in [0.4, 0.5) is 5.69 Å². The van der Waals surface area contributed by atoms with Gasteiger partial charge in [-0.1, -0.05) is 19.1 Å². The normalized spacial score (nSPS) is 29.2. The van der Waals surface area contributed by atoms with E-state index in [0.29, 0.717) is 23.4 Å². The minimum absolute atomic E-state index is 0.170. The molecule has 6 nitrogen and oxygen atoms in total. The number of rotatable bonds is 7. The number of anilines is 1. The van der Waals surface area contributed by atoms with Gasteiger partial charge in [0, 0.05) is 11.2 Å². The van der Waals surface area contributed by atoms with Crippen molar-refractivity contribution in [1.29, 1.82) is 0 Å². The van der Waals surface area contributed by atoms with E-state index >= 15 is 0 Å². The quantitative estimate of drug-likeness (QED) is 0.626. The van der Waals surface area contributed by atoms with Crippen LogP contribution in [-0.4, -0.2) is 22.4 Å². The second kappa shape index (κ2) is 7.85. The Balaban J connectivity index is 1.30. The molecule has 0 aromatic heterocycles. The molecule has 0 amide bonds. The lowest BCUT2D eigenvalue weighted by molar-refractivity contribution is -0.00810. The zero-order valence-electron chi connectivity index (χ0n) is 18.3. The molecule has 172 valence electrons. The summed E-state index contributed by atoms with van der Waals surface area (Å²) in [6, 6.07) is 12.7. The molecule has 2 aromatic rings. The first-order valence-electron chi connectivity index (χ1n) is 11.4. The molecular formula is C24H30N2O4S2. The molecule has 4 aliphatic carbocycles. The zero-order chi connectivity index (χ0) is 22.6. The van der Waals surface area contributed by atoms with Crippen molar-refractivity contribution >= 4 is 25.7 Å². The van der Waals surface area contributed by atoms with Crippen molar-refractivity contribution in [2.75, 3.05) is 4.72 Å². The van der Waals surface area contributed by atoms with Crippen LogP contribution in [0.1, 0.15) is 51.0 Å². The van der Waals surface area contributed by atoms with Gasteiger partial charge in [0.1, 0.15) is 0 Å². The van der Waals surface area contributed by atoms with Crippen LogP contribution in [0.25, 0.3) is 0 Å². The number of benzene rings is 2. The number of hydrogen-bond acceptors (Lipinski definition) is 4. The fraction of sp³-hybridized carbons (Fsp3) is 0.500. The summed E-state index contributed by atoms with van der Waals surface area (Å²) < 4.78 is 57.2. The van der Waals surface area contributed by atoms with Gasteiger partial charge in [-0.25, -0.2) is 21.6 Å². The van der Waals surface area contributed by atoms with Crippen LogP contribution in [0.15, 0.2) is 58.3 Å². The average molecular weight is 475 g/mol. The summed E-state index contributed by atoms with van der Waals surface area (Å²) in [7, 11) is -7.41. The smallest absolute Gasteiger partial charge is 0.261 e. The SMILES string of the molecule is CCc1ccc(S(=O)(=O)Nc2ccc(S(=O)(=O)NC34CC5CC(CC(C5)C3)C4)cc2)cc1. The Morgan fingerprint density at radius 1 is 0.750 bits per heavy atom. The highest BCUT2D eigenvalue weighted by Crippen LogP contribution is 2.56. The number of hydrogen-bond donors (Lipinski definition) is 2. The Morgan fingerprint density at radius 2 is 1.22 bits per heavy atom. The highest BCUT2D eigenvalue weighted by molar-refractivity contribution is 7.92. The fourth-order valence-electron chi connectivity index (χ4n) is 6.40. The number of aryl methyl sites for hydroxylation is 1. The largest absolute Gasteiger partial charge is 0.280 e. The topological polar surface area (TPSA) is 92.3 Å². The molecule has 0 atom stereocenters. The van der Waals surface area contributed by atoms with E-state index in [9.17, 15) is 16.8 Å². The first-order valence-corrected chi connectivity index (χ1v) is 14.4. The van der Waals surface area contributed by atoms with Crippen LogP contribution in [0.5, 0.6) is 0 Å². The molecule has 0 unspecified atom stereocenters. The summed E-state index contributed by atoms with van der Waals surface area (Å²) in [5, 5.41) is 0. The van der Waals surface area contributed by atoms with Gasteiger partial charge in [-0.05, 0) is 105 Å². The van der Waals surface area contributed by atoms with E-state index in [0.717, 1.165) is 31.2 Å². The third-order valence-corrected chi connectivity index (χ3v) is 10.4. The Labute approximate surface area is 190 Å². The van der Waals surface area contributed by atoms with Gasteiger partial charge >= 0.3 is 0 Å². The number of nitrogens with one attached hydrogen (secondary N) is 2. The van der Waals surface area contributed by atoms with Gasteiger partial charge in [-0.2, -0.15) is 0 Å². The minimum Gasteiger partial charge on any atom is -0.280 e. The molecule has 4 aliphatic rings. The van der Waals surface area contributed by atoms with Crippen LogP contribution >= 0.6 is 0 Å². The van der Waals surface area contributed by atoms with Crippen molar-refractivity contribution in [2.24, 2.45) is 17.8 Å². The summed E-state index contributed by atoms with van der Waals surface area (Å²) in [4.78, 5) is 0.346. The van der Waals surface area contributed by atoms with Gasteiger partial charge in [0.2, 0.25) is 10.0 Å². The summed E-state index contributed by atoms with van der Waals surface area (Å²) in [5.41, 5.74) is 1.08. The standard InChI is InChI=1S/C24H30N2O4S2/c1-2-17-3-7-22(8-4-17)31(27,28)25-21-5-9-23(10-6-21)32(29,30)26-24-14-18-11-19(15-24)13-20(12-18)16-24/h3-10,18-20,25-26H,2,11-16H2,1H3. The Bertz CT molecular complexity index is 1170. The Hall–Kier alpha value is -1.90. The van der Waals surface area contributed by atoms with Crippen LogP contribution in [-0.2, 0) is 26.5 Å². The zero-order valence-corrected chi connectivity index (χ0v) is 19.9. The first kappa shape index (κ1) is 21.9. The Kier molecular flexibility index (Phi) is 5.38. The average Bonchev–Trinajstić information content (AvgIpc) is 2.72. The summed E-state index contributed by atoms with van der Waals surface area (Å²) >= 11 is 0. The van der Waals surface area contributed by atoms with Crippen molar-refractivity contribution in [1.82, 2.24) is 4.72 Å². The maximum absolute atomic E-state index is 13.1. The van der Waals surface area contributed by atoms with Crippen LogP contribution in [0, 0.1) is 17.8 Å². The van der Waals surface area contributed by atoms with Gasteiger partial charge in [0.05, 0.1) is 9.79 Å². The van der Waals surface area contributed by atoms with Crippen molar-refractivity contribution in [3.8, 4) is 0 Å². The molecule has 2 aromatic carbocycles. The lowest BCUT2D eigenvalue weighted by Gasteiger charge is -2.56. The van der Waals surface area contributed by atoms with Crippen LogP contribution in [0.2, 0.25) is 0 Å². The molecule has 4 bridgehead atoms. The second-order valence-electron chi connectivity index (χ2n) is 9.93. The minimum atomic E-state index is -3.74. The molecule has 2 N–H and O–H groups in total. The molecule has 32 heavy (non-hydrogen) atoms. The fourth-order valence-corrected chi connectivity index (χ4v) is 8.89. The summed E-state index contributed by atoms with van der Waals surface area (Å²) in [6.07, 6.45) is 7.39. The summed E-state index contributed by atoms with van der Waals surface area (Å²) in [5.74, 6) is 1.94. The van der Waals surface area contributed by atoms with Gasteiger partial charge in [0.25, 0.3) is 10.0 Å². The molecule has 0 heterocycles. The van der Waals surface area contributed by atoms with E-state index in [2.05, 4.69) is 9.44 Å². The van der Waals surface area contributed by atoms with E-state index < -0.39 is 20.0 Å². The molecule has 4 saturated carbocycles. The third-order valence-electron chi connectivity index (χ3n) is 7.45. The second-order valence-corrected chi connectivity index (χ2v) is 13.3. The van der Waals surface area contributed by atoms with Crippen molar-refractivity contribution in [3.63, 3.8) is 0 Å². The molecule has 6 rings (SSSR count). The van der Waals surface area contributed by atoms with Gasteiger partial charge in [-0.3, -0.25) is 4.72 Å². The molecule has 4 fully saturated rings. The lowest BCUT2D eigenvalue weighted by Crippen LogP contribution is -2.59. The van der Waals surface area contributed by atoms with Gasteiger partial charge in [0.15, 0.2) is 0 Å². The van der Waals surface area contributed by atoms with Crippen LogP contribution < -0.4 is 9.44 Å². The Morgan fingerprint density at radius 3 is 1.72 bits per heavy atom. The lowest BCUT2D eigenvalue weighted by atomic mass is 9.53. The third kappa shape index (κ3) is 4.20. The predicted octanol–water partition coefficient (Wildman–Crippen LogP) is 4.30. The van der Waals surface area contributed by atoms with Crippen LogP contribution in [0.3, 0.4) is 0 Å². The van der Waals surface area contributed by atoms with E-state index in [1.165, 1.54) is 43.5 Å². The van der Waals surface area contributed by atoms with E-state index in [1.807, 2.05) is 6.92 Å². The van der Waals surface area contributed by atoms with Crippen molar-refractivity contribution < 1.29 is 16.8 Å². The van der Waals surface area contributed by atoms with Crippen molar-refractivity contribution in [3.05, 3.63) is 54.1 Å². The maximum atomic E-state index is 13.1. The van der Waals surface area contributed by atoms with Gasteiger partial charge < -0.3 is 0 Å².